The highest BCUT2D eigenvalue weighted by Crippen LogP contribution is 2.14. The quantitative estimate of drug-likeness (QED) is 0.456. The molecule has 1 saturated heterocycles. The molecule has 2 rings (SSSR count). The molecule has 0 bridgehead atoms. The Morgan fingerprint density at radius 1 is 1.70 bits per heavy atom. The molecule has 0 radical (unpaired) electrons. The van der Waals surface area contributed by atoms with Crippen molar-refractivity contribution in [2.45, 2.75) is 12.5 Å². The van der Waals surface area contributed by atoms with E-state index in [2.05, 4.69) is 15.8 Å². The van der Waals surface area contributed by atoms with Gasteiger partial charge >= 0.3 is 0 Å². The van der Waals surface area contributed by atoms with Gasteiger partial charge in [-0.25, -0.2) is 0 Å². The van der Waals surface area contributed by atoms with E-state index in [0.717, 1.165) is 13.0 Å². The van der Waals surface area contributed by atoms with Crippen molar-refractivity contribution in [2.24, 2.45) is 11.0 Å². The van der Waals surface area contributed by atoms with E-state index in [1.807, 2.05) is 6.21 Å². The summed E-state index contributed by atoms with van der Waals surface area (Å²) in [5.74, 6) is 0.405. The van der Waals surface area contributed by atoms with Gasteiger partial charge in [0.1, 0.15) is 6.04 Å². The average Bonchev–Trinajstić information content (AvgIpc) is 2.36. The summed E-state index contributed by atoms with van der Waals surface area (Å²) in [7, 11) is 0. The van der Waals surface area contributed by atoms with Crippen molar-refractivity contribution >= 4 is 12.1 Å². The van der Waals surface area contributed by atoms with Crippen molar-refractivity contribution in [3.8, 4) is 0 Å². The summed E-state index contributed by atoms with van der Waals surface area (Å²) < 4.78 is 0. The number of carbonyl (C=O) groups is 1. The van der Waals surface area contributed by atoms with Crippen LogP contribution in [0.1, 0.15) is 6.42 Å². The highest BCUT2D eigenvalue weighted by Gasteiger charge is 2.33. The van der Waals surface area contributed by atoms with Crippen molar-refractivity contribution in [2.75, 3.05) is 6.54 Å². The zero-order valence-corrected chi connectivity index (χ0v) is 5.50. The van der Waals surface area contributed by atoms with Crippen molar-refractivity contribution in [1.82, 2.24) is 10.7 Å². The Kier molecular flexibility index (Phi) is 1.12. The van der Waals surface area contributed by atoms with Crippen LogP contribution in [0.25, 0.3) is 0 Å². The van der Waals surface area contributed by atoms with Crippen LogP contribution in [0, 0.1) is 5.92 Å². The molecule has 0 spiro atoms. The lowest BCUT2D eigenvalue weighted by atomic mass is 9.95. The Labute approximate surface area is 58.7 Å². The molecular weight excluding hydrogens is 130 g/mol. The third-order valence-electron chi connectivity index (χ3n) is 1.97. The number of carbonyl (C=O) groups excluding carboxylic acids is 1. The second kappa shape index (κ2) is 1.97. The number of hydrogen-bond acceptors (Lipinski definition) is 3. The Hall–Kier alpha value is -1.06. The van der Waals surface area contributed by atoms with E-state index in [-0.39, 0.29) is 11.9 Å². The molecule has 10 heavy (non-hydrogen) atoms. The van der Waals surface area contributed by atoms with Crippen LogP contribution in [0.15, 0.2) is 5.10 Å². The van der Waals surface area contributed by atoms with Gasteiger partial charge in [0.05, 0.1) is 0 Å². The van der Waals surface area contributed by atoms with Crippen LogP contribution in [0.2, 0.25) is 0 Å². The maximum atomic E-state index is 11.0. The third kappa shape index (κ3) is 0.683. The Morgan fingerprint density at radius 3 is 3.40 bits per heavy atom. The van der Waals surface area contributed by atoms with Crippen LogP contribution in [-0.4, -0.2) is 24.7 Å². The van der Waals surface area contributed by atoms with Crippen LogP contribution in [0.3, 0.4) is 0 Å². The van der Waals surface area contributed by atoms with Gasteiger partial charge in [-0.15, -0.1) is 0 Å². The molecular formula is C6H9N3O. The van der Waals surface area contributed by atoms with Gasteiger partial charge in [-0.2, -0.15) is 5.10 Å². The van der Waals surface area contributed by atoms with Gasteiger partial charge in [-0.3, -0.25) is 10.2 Å². The van der Waals surface area contributed by atoms with E-state index in [0.29, 0.717) is 5.92 Å². The molecule has 1 fully saturated rings. The smallest absolute Gasteiger partial charge is 0.244 e. The van der Waals surface area contributed by atoms with E-state index < -0.39 is 0 Å². The number of piperidine rings is 1. The minimum atomic E-state index is -0.0891. The first-order valence-corrected chi connectivity index (χ1v) is 3.44. The first-order chi connectivity index (χ1) is 4.88. The predicted molar refractivity (Wildman–Crippen MR) is 36.5 cm³/mol. The highest BCUT2D eigenvalue weighted by molar-refractivity contribution is 5.88. The summed E-state index contributed by atoms with van der Waals surface area (Å²) in [6.07, 6.45) is 2.83. The topological polar surface area (TPSA) is 53.5 Å². The molecule has 0 saturated carbocycles. The summed E-state index contributed by atoms with van der Waals surface area (Å²) in [5.41, 5.74) is 2.77. The van der Waals surface area contributed by atoms with Gasteiger partial charge in [-0.05, 0) is 6.42 Å². The van der Waals surface area contributed by atoms with Crippen LogP contribution < -0.4 is 10.7 Å². The summed E-state index contributed by atoms with van der Waals surface area (Å²) in [6, 6.07) is -0.0891. The molecule has 2 heterocycles. The summed E-state index contributed by atoms with van der Waals surface area (Å²) >= 11 is 0. The fraction of sp³-hybridized carbons (Fsp3) is 0.667. The van der Waals surface area contributed by atoms with Crippen molar-refractivity contribution in [1.29, 1.82) is 0 Å². The molecule has 2 atom stereocenters. The van der Waals surface area contributed by atoms with Crippen LogP contribution in [0.4, 0.5) is 0 Å². The van der Waals surface area contributed by atoms with Gasteiger partial charge in [0.15, 0.2) is 0 Å². The Bertz CT molecular complexity index is 189. The maximum absolute atomic E-state index is 11.0. The molecule has 2 aliphatic rings. The number of nitrogens with one attached hydrogen (secondary N) is 2. The van der Waals surface area contributed by atoms with Gasteiger partial charge in [0.25, 0.3) is 0 Å². The largest absolute Gasteiger partial charge is 0.354 e. The lowest BCUT2D eigenvalue weighted by molar-refractivity contribution is -0.124. The van der Waals surface area contributed by atoms with E-state index in [4.69, 9.17) is 0 Å². The van der Waals surface area contributed by atoms with Crippen LogP contribution in [0.5, 0.6) is 0 Å². The van der Waals surface area contributed by atoms with Crippen molar-refractivity contribution < 1.29 is 4.79 Å². The maximum Gasteiger partial charge on any atom is 0.244 e. The zero-order chi connectivity index (χ0) is 6.97. The minimum Gasteiger partial charge on any atom is -0.354 e. The molecule has 0 aromatic heterocycles. The van der Waals surface area contributed by atoms with Crippen LogP contribution in [-0.2, 0) is 4.79 Å². The predicted octanol–water partition coefficient (Wildman–Crippen LogP) is -0.920. The Balaban J connectivity index is 2.14. The normalized spacial score (nSPS) is 36.6. The number of nitrogens with zero attached hydrogens (tertiary/aromatic N) is 1. The molecule has 1 amide bonds. The molecule has 4 heteroatoms. The van der Waals surface area contributed by atoms with Gasteiger partial charge in [-0.1, -0.05) is 0 Å². The molecule has 2 unspecified atom stereocenters. The number of fused-ring (bicyclic) bond motifs is 1. The molecule has 2 N–H and O–H groups in total. The number of hydrogen-bond donors (Lipinski definition) is 2. The van der Waals surface area contributed by atoms with Gasteiger partial charge in [0, 0.05) is 18.7 Å². The van der Waals surface area contributed by atoms with Gasteiger partial charge < -0.3 is 5.32 Å². The number of amides is 1. The fourth-order valence-electron chi connectivity index (χ4n) is 1.37. The standard InChI is InChI=1S/C6H9N3O/c10-6-5-4(1-2-7-6)3-8-9-5/h3-5,9H,1-2H2,(H,7,10). The van der Waals surface area contributed by atoms with E-state index in [1.54, 1.807) is 0 Å². The summed E-state index contributed by atoms with van der Waals surface area (Å²) in [4.78, 5) is 11.0. The highest BCUT2D eigenvalue weighted by atomic mass is 16.2. The molecule has 0 aromatic carbocycles. The first-order valence-electron chi connectivity index (χ1n) is 3.44. The SMILES string of the molecule is O=C1NCCC2C=NNC12. The monoisotopic (exact) mass is 139 g/mol. The van der Waals surface area contributed by atoms with E-state index >= 15 is 0 Å². The Morgan fingerprint density at radius 2 is 2.60 bits per heavy atom. The lowest BCUT2D eigenvalue weighted by Crippen LogP contribution is -2.49. The second-order valence-electron chi connectivity index (χ2n) is 2.63. The van der Waals surface area contributed by atoms with Crippen molar-refractivity contribution in [3.05, 3.63) is 0 Å². The van der Waals surface area contributed by atoms with Gasteiger partial charge in [0.2, 0.25) is 5.91 Å². The fourth-order valence-corrected chi connectivity index (χ4v) is 1.37. The van der Waals surface area contributed by atoms with E-state index in [1.165, 1.54) is 0 Å². The molecule has 4 nitrogen and oxygen atoms in total. The summed E-state index contributed by atoms with van der Waals surface area (Å²) in [5, 5.41) is 6.61. The average molecular weight is 139 g/mol. The second-order valence-corrected chi connectivity index (χ2v) is 2.63. The molecule has 2 aliphatic heterocycles. The number of hydrazone groups is 1. The van der Waals surface area contributed by atoms with Crippen molar-refractivity contribution in [3.63, 3.8) is 0 Å². The molecule has 0 aromatic rings. The van der Waals surface area contributed by atoms with Crippen LogP contribution >= 0.6 is 0 Å². The summed E-state index contributed by atoms with van der Waals surface area (Å²) in [6.45, 7) is 0.785. The number of rotatable bonds is 0. The van der Waals surface area contributed by atoms with E-state index in [9.17, 15) is 4.79 Å². The first kappa shape index (κ1) is 5.70. The zero-order valence-electron chi connectivity index (χ0n) is 5.50. The molecule has 54 valence electrons. The third-order valence-corrected chi connectivity index (χ3v) is 1.97. The molecule has 0 aliphatic carbocycles. The minimum absolute atomic E-state index is 0.0775. The lowest BCUT2D eigenvalue weighted by Gasteiger charge is -2.22.